The minimum Gasteiger partial charge on any atom is -0.393 e. The van der Waals surface area contributed by atoms with Crippen LogP contribution in [0.4, 0.5) is 0 Å². The van der Waals surface area contributed by atoms with Gasteiger partial charge in [-0.15, -0.1) is 0 Å². The van der Waals surface area contributed by atoms with Gasteiger partial charge in [0.25, 0.3) is 0 Å². The lowest BCUT2D eigenvalue weighted by Crippen LogP contribution is -2.27. The molecule has 0 bridgehead atoms. The van der Waals surface area contributed by atoms with Gasteiger partial charge < -0.3 is 5.73 Å². The Bertz CT molecular complexity index is 471. The molecular weight excluding hydrogens is 312 g/mol. The summed E-state index contributed by atoms with van der Waals surface area (Å²) in [7, 11) is -3.46. The summed E-state index contributed by atoms with van der Waals surface area (Å²) in [6.45, 7) is 0.216. The molecular formula is C9H11BrN2O2S2. The molecule has 0 aromatic heterocycles. The lowest BCUT2D eigenvalue weighted by atomic mass is 10.4. The van der Waals surface area contributed by atoms with Gasteiger partial charge in [-0.25, -0.2) is 13.1 Å². The van der Waals surface area contributed by atoms with Gasteiger partial charge in [-0.2, -0.15) is 0 Å². The minimum absolute atomic E-state index is 0.216. The molecule has 0 amide bonds. The Kier molecular flexibility index (Phi) is 4.85. The highest BCUT2D eigenvalue weighted by atomic mass is 79.9. The number of rotatable bonds is 5. The first-order chi connectivity index (χ1) is 7.42. The van der Waals surface area contributed by atoms with Crippen LogP contribution in [0.25, 0.3) is 0 Å². The Labute approximate surface area is 108 Å². The average Bonchev–Trinajstić information content (AvgIpc) is 2.17. The summed E-state index contributed by atoms with van der Waals surface area (Å²) in [6.07, 6.45) is 0.352. The van der Waals surface area contributed by atoms with E-state index in [1.54, 1.807) is 12.1 Å². The molecule has 0 fully saturated rings. The van der Waals surface area contributed by atoms with E-state index in [4.69, 9.17) is 5.73 Å². The summed E-state index contributed by atoms with van der Waals surface area (Å²) < 4.78 is 26.7. The Balaban J connectivity index is 2.71. The highest BCUT2D eigenvalue weighted by molar-refractivity contribution is 9.10. The van der Waals surface area contributed by atoms with Gasteiger partial charge in [0.15, 0.2) is 0 Å². The Hall–Kier alpha value is -0.500. The molecule has 3 N–H and O–H groups in total. The van der Waals surface area contributed by atoms with Crippen LogP contribution in [0.2, 0.25) is 0 Å². The Morgan fingerprint density at radius 1 is 1.38 bits per heavy atom. The summed E-state index contributed by atoms with van der Waals surface area (Å²) in [5, 5.41) is 0. The highest BCUT2D eigenvalue weighted by Gasteiger charge is 2.12. The monoisotopic (exact) mass is 322 g/mol. The smallest absolute Gasteiger partial charge is 0.240 e. The molecule has 1 aromatic carbocycles. The molecule has 16 heavy (non-hydrogen) atoms. The maximum Gasteiger partial charge on any atom is 0.240 e. The van der Waals surface area contributed by atoms with E-state index in [1.807, 2.05) is 0 Å². The molecule has 0 heterocycles. The highest BCUT2D eigenvalue weighted by Crippen LogP contribution is 2.14. The number of benzene rings is 1. The number of hydrogen-bond acceptors (Lipinski definition) is 3. The van der Waals surface area contributed by atoms with E-state index in [0.717, 1.165) is 4.47 Å². The van der Waals surface area contributed by atoms with Gasteiger partial charge >= 0.3 is 0 Å². The molecule has 88 valence electrons. The number of thiocarbonyl (C=S) groups is 1. The summed E-state index contributed by atoms with van der Waals surface area (Å²) >= 11 is 7.89. The molecule has 0 unspecified atom stereocenters. The second-order valence-electron chi connectivity index (χ2n) is 3.07. The van der Waals surface area contributed by atoms with Crippen LogP contribution in [0.1, 0.15) is 6.42 Å². The number of halogens is 1. The van der Waals surface area contributed by atoms with E-state index >= 15 is 0 Å². The van der Waals surface area contributed by atoms with Gasteiger partial charge in [0.1, 0.15) is 0 Å². The van der Waals surface area contributed by atoms with E-state index in [1.165, 1.54) is 12.1 Å². The van der Waals surface area contributed by atoms with Crippen molar-refractivity contribution in [3.63, 3.8) is 0 Å². The first-order valence-corrected chi connectivity index (χ1v) is 7.14. The maximum atomic E-state index is 11.7. The van der Waals surface area contributed by atoms with Gasteiger partial charge in [0, 0.05) is 17.4 Å². The van der Waals surface area contributed by atoms with Gasteiger partial charge in [-0.05, 0) is 24.3 Å². The maximum absolute atomic E-state index is 11.7. The van der Waals surface area contributed by atoms with Crippen LogP contribution in [-0.4, -0.2) is 20.0 Å². The summed E-state index contributed by atoms with van der Waals surface area (Å²) in [6, 6.07) is 6.38. The van der Waals surface area contributed by atoms with E-state index < -0.39 is 10.0 Å². The molecule has 0 aliphatic heterocycles. The van der Waals surface area contributed by atoms with E-state index in [-0.39, 0.29) is 11.4 Å². The van der Waals surface area contributed by atoms with E-state index in [0.29, 0.717) is 11.4 Å². The van der Waals surface area contributed by atoms with Crippen molar-refractivity contribution in [1.29, 1.82) is 0 Å². The van der Waals surface area contributed by atoms with Crippen molar-refractivity contribution in [2.75, 3.05) is 6.54 Å². The van der Waals surface area contributed by atoms with Crippen LogP contribution in [0.15, 0.2) is 33.6 Å². The van der Waals surface area contributed by atoms with Crippen molar-refractivity contribution >= 4 is 43.2 Å². The van der Waals surface area contributed by atoms with Crippen molar-refractivity contribution in [2.45, 2.75) is 11.3 Å². The number of sulfonamides is 1. The lowest BCUT2D eigenvalue weighted by Gasteiger charge is -2.05. The second-order valence-corrected chi connectivity index (χ2v) is 6.28. The molecule has 0 aliphatic rings. The number of hydrogen-bond donors (Lipinski definition) is 2. The zero-order chi connectivity index (χ0) is 12.2. The van der Waals surface area contributed by atoms with Crippen molar-refractivity contribution in [2.24, 2.45) is 5.73 Å². The van der Waals surface area contributed by atoms with Gasteiger partial charge in [-0.1, -0.05) is 28.1 Å². The molecule has 7 heteroatoms. The van der Waals surface area contributed by atoms with Crippen LogP contribution in [0.5, 0.6) is 0 Å². The van der Waals surface area contributed by atoms with Crippen molar-refractivity contribution < 1.29 is 8.42 Å². The third kappa shape index (κ3) is 4.17. The Morgan fingerprint density at radius 3 is 2.44 bits per heavy atom. The third-order valence-electron chi connectivity index (χ3n) is 1.79. The molecule has 0 aliphatic carbocycles. The minimum atomic E-state index is -3.46. The molecule has 0 radical (unpaired) electrons. The summed E-state index contributed by atoms with van der Waals surface area (Å²) in [5.74, 6) is 0. The molecule has 0 atom stereocenters. The van der Waals surface area contributed by atoms with Crippen LogP contribution in [0, 0.1) is 0 Å². The van der Waals surface area contributed by atoms with Gasteiger partial charge in [-0.3, -0.25) is 0 Å². The van der Waals surface area contributed by atoms with Crippen molar-refractivity contribution in [3.05, 3.63) is 28.7 Å². The number of nitrogens with one attached hydrogen (secondary N) is 1. The molecule has 0 saturated carbocycles. The average molecular weight is 323 g/mol. The fraction of sp³-hybridized carbons (Fsp3) is 0.222. The Morgan fingerprint density at radius 2 is 1.94 bits per heavy atom. The first kappa shape index (κ1) is 13.6. The predicted molar refractivity (Wildman–Crippen MR) is 70.7 cm³/mol. The summed E-state index contributed by atoms with van der Waals surface area (Å²) in [4.78, 5) is 0.511. The molecule has 4 nitrogen and oxygen atoms in total. The third-order valence-corrected chi connectivity index (χ3v) is 4.00. The summed E-state index contributed by atoms with van der Waals surface area (Å²) in [5.41, 5.74) is 5.27. The SMILES string of the molecule is NC(=S)CCNS(=O)(=O)c1ccc(Br)cc1. The number of nitrogens with two attached hydrogens (primary N) is 1. The van der Waals surface area contributed by atoms with Crippen LogP contribution >= 0.6 is 28.1 Å². The first-order valence-electron chi connectivity index (χ1n) is 4.45. The normalized spacial score (nSPS) is 11.3. The van der Waals surface area contributed by atoms with Crippen LogP contribution in [0.3, 0.4) is 0 Å². The molecule has 0 saturated heterocycles. The molecule has 1 rings (SSSR count). The van der Waals surface area contributed by atoms with E-state index in [9.17, 15) is 8.42 Å². The van der Waals surface area contributed by atoms with Crippen LogP contribution in [-0.2, 0) is 10.0 Å². The fourth-order valence-corrected chi connectivity index (χ4v) is 2.40. The largest absolute Gasteiger partial charge is 0.393 e. The second kappa shape index (κ2) is 5.72. The zero-order valence-electron chi connectivity index (χ0n) is 8.31. The zero-order valence-corrected chi connectivity index (χ0v) is 11.5. The van der Waals surface area contributed by atoms with Gasteiger partial charge in [0.2, 0.25) is 10.0 Å². The van der Waals surface area contributed by atoms with Crippen molar-refractivity contribution in [3.8, 4) is 0 Å². The topological polar surface area (TPSA) is 72.2 Å². The van der Waals surface area contributed by atoms with E-state index in [2.05, 4.69) is 32.9 Å². The van der Waals surface area contributed by atoms with Crippen LogP contribution < -0.4 is 10.5 Å². The predicted octanol–water partition coefficient (Wildman–Crippen LogP) is 1.40. The standard InChI is InChI=1S/C9H11BrN2O2S2/c10-7-1-3-8(4-2-7)16(13,14)12-6-5-9(11)15/h1-4,12H,5-6H2,(H2,11,15). The lowest BCUT2D eigenvalue weighted by molar-refractivity contribution is 0.583. The fourth-order valence-electron chi connectivity index (χ4n) is 1.01. The van der Waals surface area contributed by atoms with Gasteiger partial charge in [0.05, 0.1) is 9.88 Å². The molecule has 1 aromatic rings. The quantitative estimate of drug-likeness (QED) is 0.804. The molecule has 0 spiro atoms. The van der Waals surface area contributed by atoms with Crippen molar-refractivity contribution in [1.82, 2.24) is 4.72 Å².